The molecule has 0 saturated heterocycles. The van der Waals surface area contributed by atoms with E-state index in [0.29, 0.717) is 0 Å². The fourth-order valence-electron chi connectivity index (χ4n) is 2.03. The number of para-hydroxylation sites is 1. The maximum absolute atomic E-state index is 3.29. The van der Waals surface area contributed by atoms with Crippen molar-refractivity contribution in [2.45, 2.75) is 20.3 Å². The molecule has 2 nitrogen and oxygen atoms in total. The largest absolute Gasteiger partial charge is 0.281 e. The van der Waals surface area contributed by atoms with Gasteiger partial charge >= 0.3 is 0 Å². The van der Waals surface area contributed by atoms with Gasteiger partial charge in [0.25, 0.3) is 0 Å². The molecule has 0 aliphatic carbocycles. The van der Waals surface area contributed by atoms with Gasteiger partial charge in [-0.1, -0.05) is 18.2 Å². The molecule has 0 aromatic heterocycles. The minimum absolute atomic E-state index is 1.10. The Hall–Kier alpha value is -1.31. The van der Waals surface area contributed by atoms with E-state index in [1.807, 2.05) is 0 Å². The first-order valence-electron chi connectivity index (χ1n) is 5.18. The minimum Gasteiger partial charge on any atom is -0.281 e. The highest BCUT2D eigenvalue weighted by Gasteiger charge is 2.13. The Morgan fingerprint density at radius 3 is 2.50 bits per heavy atom. The van der Waals surface area contributed by atoms with Crippen molar-refractivity contribution >= 4 is 12.0 Å². The smallest absolute Gasteiger partial charge is 0.237 e. The van der Waals surface area contributed by atoms with Gasteiger partial charge in [-0.25, -0.2) is 4.58 Å². The molecule has 14 heavy (non-hydrogen) atoms. The predicted molar refractivity (Wildman–Crippen MR) is 59.4 cm³/mol. The molecule has 1 N–H and O–H groups in total. The molecule has 1 aliphatic heterocycles. The van der Waals surface area contributed by atoms with Gasteiger partial charge in [-0.15, -0.1) is 0 Å². The summed E-state index contributed by atoms with van der Waals surface area (Å²) in [5.41, 5.74) is 4.06. The van der Waals surface area contributed by atoms with E-state index in [1.165, 1.54) is 23.2 Å². The summed E-state index contributed by atoms with van der Waals surface area (Å²) in [7, 11) is 0. The molecule has 2 heteroatoms. The quantitative estimate of drug-likeness (QED) is 0.667. The second kappa shape index (κ2) is 3.82. The maximum atomic E-state index is 3.29. The summed E-state index contributed by atoms with van der Waals surface area (Å²) in [6.07, 6.45) is 3.31. The Morgan fingerprint density at radius 1 is 1.21 bits per heavy atom. The molecule has 1 aliphatic rings. The normalized spacial score (nSPS) is 16.0. The monoisotopic (exact) mass is 189 g/mol. The molecular formula is C12H17N2+. The van der Waals surface area contributed by atoms with Crippen molar-refractivity contribution in [3.05, 3.63) is 29.3 Å². The van der Waals surface area contributed by atoms with E-state index in [-0.39, 0.29) is 0 Å². The second-order valence-corrected chi connectivity index (χ2v) is 3.87. The Balaban J connectivity index is 2.44. The molecule has 2 rings (SSSR count). The van der Waals surface area contributed by atoms with Crippen LogP contribution in [-0.2, 0) is 0 Å². The number of aryl methyl sites for hydroxylation is 2. The lowest BCUT2D eigenvalue weighted by molar-refractivity contribution is -0.443. The van der Waals surface area contributed by atoms with Gasteiger partial charge < -0.3 is 0 Å². The summed E-state index contributed by atoms with van der Waals surface area (Å²) in [5, 5.41) is 3.29. The lowest BCUT2D eigenvalue weighted by Crippen LogP contribution is -2.29. The van der Waals surface area contributed by atoms with Crippen LogP contribution in [0.1, 0.15) is 17.5 Å². The first kappa shape index (κ1) is 9.25. The number of rotatable bonds is 1. The highest BCUT2D eigenvalue weighted by molar-refractivity contribution is 5.55. The topological polar surface area (TPSA) is 15.0 Å². The third kappa shape index (κ3) is 1.65. The SMILES string of the molecule is Cc1cccc(C)c1[N+]1=CNCCC1. The average molecular weight is 189 g/mol. The second-order valence-electron chi connectivity index (χ2n) is 3.87. The summed E-state index contributed by atoms with van der Waals surface area (Å²) >= 11 is 0. The average Bonchev–Trinajstić information content (AvgIpc) is 2.19. The van der Waals surface area contributed by atoms with Crippen molar-refractivity contribution < 1.29 is 4.58 Å². The third-order valence-corrected chi connectivity index (χ3v) is 2.69. The van der Waals surface area contributed by atoms with Gasteiger partial charge in [-0.2, -0.15) is 0 Å². The number of nitrogens with zero attached hydrogens (tertiary/aromatic N) is 1. The van der Waals surface area contributed by atoms with E-state index in [2.05, 4.69) is 48.3 Å². The molecule has 0 bridgehead atoms. The Bertz CT molecular complexity index is 346. The molecule has 1 heterocycles. The van der Waals surface area contributed by atoms with Crippen molar-refractivity contribution in [1.82, 2.24) is 5.32 Å². The predicted octanol–water partition coefficient (Wildman–Crippen LogP) is 1.97. The Labute approximate surface area is 85.3 Å². The molecule has 74 valence electrons. The molecular weight excluding hydrogens is 172 g/mol. The summed E-state index contributed by atoms with van der Waals surface area (Å²) < 4.78 is 2.31. The van der Waals surface area contributed by atoms with Crippen LogP contribution >= 0.6 is 0 Å². The van der Waals surface area contributed by atoms with Crippen molar-refractivity contribution in [2.75, 3.05) is 13.1 Å². The Morgan fingerprint density at radius 2 is 1.93 bits per heavy atom. The van der Waals surface area contributed by atoms with Crippen LogP contribution in [0.15, 0.2) is 18.2 Å². The van der Waals surface area contributed by atoms with Gasteiger partial charge in [0.15, 0.2) is 0 Å². The van der Waals surface area contributed by atoms with Crippen LogP contribution in [-0.4, -0.2) is 24.0 Å². The molecule has 0 saturated carbocycles. The summed E-state index contributed by atoms with van der Waals surface area (Å²) in [6.45, 7) is 6.57. The fourth-order valence-corrected chi connectivity index (χ4v) is 2.03. The van der Waals surface area contributed by atoms with Crippen molar-refractivity contribution in [1.29, 1.82) is 0 Å². The number of hydrogen-bond acceptors (Lipinski definition) is 1. The number of hydrogen-bond donors (Lipinski definition) is 1. The summed E-state index contributed by atoms with van der Waals surface area (Å²) in [4.78, 5) is 0. The van der Waals surface area contributed by atoms with Crippen LogP contribution in [0.5, 0.6) is 0 Å². The van der Waals surface area contributed by atoms with Gasteiger partial charge in [-0.3, -0.25) is 5.32 Å². The van der Waals surface area contributed by atoms with Crippen molar-refractivity contribution in [3.8, 4) is 0 Å². The summed E-state index contributed by atoms with van der Waals surface area (Å²) in [5.74, 6) is 0. The zero-order valence-corrected chi connectivity index (χ0v) is 8.88. The minimum atomic E-state index is 1.10. The van der Waals surface area contributed by atoms with E-state index in [9.17, 15) is 0 Å². The molecule has 1 aromatic carbocycles. The van der Waals surface area contributed by atoms with Crippen LogP contribution in [0.2, 0.25) is 0 Å². The van der Waals surface area contributed by atoms with Gasteiger partial charge in [0.1, 0.15) is 5.69 Å². The highest BCUT2D eigenvalue weighted by atomic mass is 15.1. The molecule has 0 fully saturated rings. The molecule has 0 spiro atoms. The number of nitrogens with one attached hydrogen (secondary N) is 1. The van der Waals surface area contributed by atoms with E-state index >= 15 is 0 Å². The lowest BCUT2D eigenvalue weighted by Gasteiger charge is -2.14. The van der Waals surface area contributed by atoms with E-state index < -0.39 is 0 Å². The van der Waals surface area contributed by atoms with E-state index in [4.69, 9.17) is 0 Å². The van der Waals surface area contributed by atoms with Gasteiger partial charge in [0.05, 0.1) is 13.1 Å². The number of benzene rings is 1. The standard InChI is InChI=1S/C12H16N2/c1-10-5-3-6-11(2)12(10)14-8-4-7-13-9-14/h3,5-6,9H,4,7-8H2,1-2H3/p+1. The highest BCUT2D eigenvalue weighted by Crippen LogP contribution is 2.22. The van der Waals surface area contributed by atoms with Gasteiger partial charge in [0.2, 0.25) is 6.34 Å². The summed E-state index contributed by atoms with van der Waals surface area (Å²) in [6, 6.07) is 6.46. The van der Waals surface area contributed by atoms with Crippen molar-refractivity contribution in [3.63, 3.8) is 0 Å². The first-order valence-corrected chi connectivity index (χ1v) is 5.18. The molecule has 0 radical (unpaired) electrons. The Kier molecular flexibility index (Phi) is 2.53. The van der Waals surface area contributed by atoms with Gasteiger partial charge in [-0.05, 0) is 25.0 Å². The molecule has 0 amide bonds. The van der Waals surface area contributed by atoms with Crippen LogP contribution < -0.4 is 5.32 Å². The maximum Gasteiger partial charge on any atom is 0.237 e. The zero-order chi connectivity index (χ0) is 9.97. The molecule has 1 aromatic rings. The fraction of sp³-hybridized carbons (Fsp3) is 0.417. The third-order valence-electron chi connectivity index (χ3n) is 2.69. The van der Waals surface area contributed by atoms with Gasteiger partial charge in [0, 0.05) is 6.42 Å². The van der Waals surface area contributed by atoms with Crippen molar-refractivity contribution in [2.24, 2.45) is 0 Å². The lowest BCUT2D eigenvalue weighted by atomic mass is 10.1. The first-order chi connectivity index (χ1) is 6.79. The van der Waals surface area contributed by atoms with E-state index in [0.717, 1.165) is 13.1 Å². The van der Waals surface area contributed by atoms with Crippen LogP contribution in [0, 0.1) is 13.8 Å². The van der Waals surface area contributed by atoms with Crippen LogP contribution in [0.25, 0.3) is 0 Å². The van der Waals surface area contributed by atoms with E-state index in [1.54, 1.807) is 0 Å². The zero-order valence-electron chi connectivity index (χ0n) is 8.88. The molecule has 0 unspecified atom stereocenters. The molecule has 0 atom stereocenters. The van der Waals surface area contributed by atoms with Crippen LogP contribution in [0.4, 0.5) is 5.69 Å². The van der Waals surface area contributed by atoms with Crippen LogP contribution in [0.3, 0.4) is 0 Å².